The lowest BCUT2D eigenvalue weighted by Crippen LogP contribution is -2.20. The number of carbonyl (C=O) groups excluding carboxylic acids is 1. The van der Waals surface area contributed by atoms with Crippen LogP contribution in [0.5, 0.6) is 5.75 Å². The van der Waals surface area contributed by atoms with Crippen LogP contribution in [0.25, 0.3) is 0 Å². The number of ether oxygens (including phenoxy) is 1. The first-order valence-electron chi connectivity index (χ1n) is 6.55. The van der Waals surface area contributed by atoms with Gasteiger partial charge in [0.05, 0.1) is 0 Å². The van der Waals surface area contributed by atoms with Gasteiger partial charge in [-0.3, -0.25) is 4.79 Å². The highest BCUT2D eigenvalue weighted by molar-refractivity contribution is 5.92. The van der Waals surface area contributed by atoms with Gasteiger partial charge < -0.3 is 15.8 Å². The summed E-state index contributed by atoms with van der Waals surface area (Å²) in [4.78, 5) is 11.8. The Morgan fingerprint density at radius 2 is 1.85 bits per heavy atom. The molecule has 0 aliphatic carbocycles. The third-order valence-corrected chi connectivity index (χ3v) is 2.91. The van der Waals surface area contributed by atoms with Gasteiger partial charge in [0.1, 0.15) is 5.75 Å². The number of nitrogens with one attached hydrogen (secondary N) is 1. The van der Waals surface area contributed by atoms with Crippen molar-refractivity contribution in [2.75, 3.05) is 17.7 Å². The van der Waals surface area contributed by atoms with Gasteiger partial charge >= 0.3 is 0 Å². The van der Waals surface area contributed by atoms with Crippen molar-refractivity contribution in [3.8, 4) is 5.75 Å². The van der Waals surface area contributed by atoms with E-state index in [0.29, 0.717) is 11.4 Å². The van der Waals surface area contributed by atoms with Crippen LogP contribution in [0.15, 0.2) is 48.5 Å². The maximum Gasteiger partial charge on any atom is 0.262 e. The summed E-state index contributed by atoms with van der Waals surface area (Å²) < 4.78 is 5.55. The molecular formula is C16H18N2O2. The second-order valence-electron chi connectivity index (χ2n) is 4.42. The van der Waals surface area contributed by atoms with Crippen molar-refractivity contribution in [1.82, 2.24) is 0 Å². The monoisotopic (exact) mass is 270 g/mol. The smallest absolute Gasteiger partial charge is 0.262 e. The van der Waals surface area contributed by atoms with E-state index in [-0.39, 0.29) is 12.5 Å². The van der Waals surface area contributed by atoms with E-state index in [2.05, 4.69) is 12.2 Å². The van der Waals surface area contributed by atoms with Gasteiger partial charge in [-0.15, -0.1) is 0 Å². The zero-order chi connectivity index (χ0) is 14.4. The molecule has 0 heterocycles. The SMILES string of the molecule is CCc1ccccc1OCC(=O)Nc1ccc(N)cc1. The average Bonchev–Trinajstić information content (AvgIpc) is 2.48. The van der Waals surface area contributed by atoms with Crippen LogP contribution in [0.2, 0.25) is 0 Å². The highest BCUT2D eigenvalue weighted by Gasteiger charge is 2.06. The van der Waals surface area contributed by atoms with Crippen molar-refractivity contribution in [2.45, 2.75) is 13.3 Å². The lowest BCUT2D eigenvalue weighted by atomic mass is 10.1. The molecule has 2 aromatic rings. The largest absolute Gasteiger partial charge is 0.483 e. The molecule has 20 heavy (non-hydrogen) atoms. The molecule has 2 aromatic carbocycles. The number of para-hydroxylation sites is 1. The number of hydrogen-bond acceptors (Lipinski definition) is 3. The molecule has 0 aliphatic heterocycles. The van der Waals surface area contributed by atoms with Gasteiger partial charge in [0.25, 0.3) is 5.91 Å². The highest BCUT2D eigenvalue weighted by atomic mass is 16.5. The van der Waals surface area contributed by atoms with Gasteiger partial charge in [-0.05, 0) is 42.3 Å². The third-order valence-electron chi connectivity index (χ3n) is 2.91. The fourth-order valence-corrected chi connectivity index (χ4v) is 1.84. The van der Waals surface area contributed by atoms with Crippen LogP contribution >= 0.6 is 0 Å². The maximum atomic E-state index is 11.8. The molecule has 4 nitrogen and oxygen atoms in total. The van der Waals surface area contributed by atoms with Crippen LogP contribution in [0.4, 0.5) is 11.4 Å². The second-order valence-corrected chi connectivity index (χ2v) is 4.42. The minimum atomic E-state index is -0.194. The number of benzene rings is 2. The van der Waals surface area contributed by atoms with Gasteiger partial charge in [0.2, 0.25) is 0 Å². The molecule has 0 spiro atoms. The summed E-state index contributed by atoms with van der Waals surface area (Å²) in [6, 6.07) is 14.7. The number of nitrogen functional groups attached to an aromatic ring is 1. The summed E-state index contributed by atoms with van der Waals surface area (Å²) in [6.07, 6.45) is 0.871. The van der Waals surface area contributed by atoms with E-state index < -0.39 is 0 Å². The van der Waals surface area contributed by atoms with Crippen molar-refractivity contribution < 1.29 is 9.53 Å². The summed E-state index contributed by atoms with van der Waals surface area (Å²) in [5.74, 6) is 0.558. The molecule has 0 radical (unpaired) electrons. The molecule has 0 fully saturated rings. The summed E-state index contributed by atoms with van der Waals surface area (Å²) in [6.45, 7) is 2.04. The predicted octanol–water partition coefficient (Wildman–Crippen LogP) is 2.85. The van der Waals surface area contributed by atoms with E-state index in [4.69, 9.17) is 10.5 Å². The molecular weight excluding hydrogens is 252 g/mol. The normalized spacial score (nSPS) is 10.1. The molecule has 1 amide bonds. The molecule has 0 unspecified atom stereocenters. The molecule has 0 aromatic heterocycles. The van der Waals surface area contributed by atoms with Crippen LogP contribution < -0.4 is 15.8 Å². The summed E-state index contributed by atoms with van der Waals surface area (Å²) >= 11 is 0. The molecule has 3 N–H and O–H groups in total. The van der Waals surface area contributed by atoms with E-state index in [1.165, 1.54) is 0 Å². The molecule has 0 atom stereocenters. The summed E-state index contributed by atoms with van der Waals surface area (Å²) in [7, 11) is 0. The molecule has 0 saturated carbocycles. The Morgan fingerprint density at radius 1 is 1.15 bits per heavy atom. The molecule has 0 bridgehead atoms. The number of aryl methyl sites for hydroxylation is 1. The summed E-state index contributed by atoms with van der Waals surface area (Å²) in [5, 5.41) is 2.76. The zero-order valence-electron chi connectivity index (χ0n) is 11.4. The Balaban J connectivity index is 1.90. The van der Waals surface area contributed by atoms with Crippen LogP contribution in [0.3, 0.4) is 0 Å². The van der Waals surface area contributed by atoms with Crippen molar-refractivity contribution >= 4 is 17.3 Å². The number of anilines is 2. The lowest BCUT2D eigenvalue weighted by Gasteiger charge is -2.10. The van der Waals surface area contributed by atoms with Gasteiger partial charge in [-0.25, -0.2) is 0 Å². The number of hydrogen-bond donors (Lipinski definition) is 2. The average molecular weight is 270 g/mol. The lowest BCUT2D eigenvalue weighted by molar-refractivity contribution is -0.118. The Bertz CT molecular complexity index is 579. The molecule has 0 saturated heterocycles. The Kier molecular flexibility index (Phi) is 4.60. The first-order chi connectivity index (χ1) is 9.69. The van der Waals surface area contributed by atoms with E-state index >= 15 is 0 Å². The van der Waals surface area contributed by atoms with Crippen molar-refractivity contribution in [2.24, 2.45) is 0 Å². The molecule has 4 heteroatoms. The minimum Gasteiger partial charge on any atom is -0.483 e. The van der Waals surface area contributed by atoms with Crippen molar-refractivity contribution in [3.05, 3.63) is 54.1 Å². The van der Waals surface area contributed by atoms with E-state index in [9.17, 15) is 4.79 Å². The Morgan fingerprint density at radius 3 is 2.55 bits per heavy atom. The fraction of sp³-hybridized carbons (Fsp3) is 0.188. The number of rotatable bonds is 5. The first-order valence-corrected chi connectivity index (χ1v) is 6.55. The van der Waals surface area contributed by atoms with Crippen LogP contribution in [0.1, 0.15) is 12.5 Å². The molecule has 0 aliphatic rings. The standard InChI is InChI=1S/C16H18N2O2/c1-2-12-5-3-4-6-15(12)20-11-16(19)18-14-9-7-13(17)8-10-14/h3-10H,2,11,17H2,1H3,(H,18,19). The topological polar surface area (TPSA) is 64.3 Å². The van der Waals surface area contributed by atoms with Crippen molar-refractivity contribution in [3.63, 3.8) is 0 Å². The fourth-order valence-electron chi connectivity index (χ4n) is 1.84. The Labute approximate surface area is 118 Å². The highest BCUT2D eigenvalue weighted by Crippen LogP contribution is 2.18. The molecule has 104 valence electrons. The maximum absolute atomic E-state index is 11.8. The zero-order valence-corrected chi connectivity index (χ0v) is 11.4. The van der Waals surface area contributed by atoms with Gasteiger partial charge in [-0.2, -0.15) is 0 Å². The Hall–Kier alpha value is -2.49. The summed E-state index contributed by atoms with van der Waals surface area (Å²) in [5.41, 5.74) is 8.05. The third kappa shape index (κ3) is 3.75. The second kappa shape index (κ2) is 6.61. The number of nitrogens with two attached hydrogens (primary N) is 1. The van der Waals surface area contributed by atoms with Crippen molar-refractivity contribution in [1.29, 1.82) is 0 Å². The van der Waals surface area contributed by atoms with E-state index in [0.717, 1.165) is 17.7 Å². The van der Waals surface area contributed by atoms with Crippen LogP contribution in [-0.4, -0.2) is 12.5 Å². The predicted molar refractivity (Wildman–Crippen MR) is 80.8 cm³/mol. The van der Waals surface area contributed by atoms with Crippen LogP contribution in [0, 0.1) is 0 Å². The first kappa shape index (κ1) is 13.9. The van der Waals surface area contributed by atoms with Gasteiger partial charge in [0, 0.05) is 11.4 Å². The van der Waals surface area contributed by atoms with Gasteiger partial charge in [-0.1, -0.05) is 25.1 Å². The van der Waals surface area contributed by atoms with E-state index in [1.54, 1.807) is 24.3 Å². The van der Waals surface area contributed by atoms with Gasteiger partial charge in [0.15, 0.2) is 6.61 Å². The quantitative estimate of drug-likeness (QED) is 0.821. The van der Waals surface area contributed by atoms with Crippen LogP contribution in [-0.2, 0) is 11.2 Å². The van der Waals surface area contributed by atoms with E-state index in [1.807, 2.05) is 24.3 Å². The molecule has 2 rings (SSSR count). The number of carbonyl (C=O) groups is 1. The minimum absolute atomic E-state index is 0.0125. The number of amides is 1.